The normalized spacial score (nSPS) is 18.6. The van der Waals surface area contributed by atoms with Crippen molar-refractivity contribution < 1.29 is 27.5 Å². The van der Waals surface area contributed by atoms with Crippen LogP contribution in [0.15, 0.2) is 42.5 Å². The van der Waals surface area contributed by atoms with Crippen molar-refractivity contribution in [2.45, 2.75) is 71.6 Å². The fraction of sp³-hybridized carbons (Fsp3) is 0.517. The minimum atomic E-state index is -3.67. The van der Waals surface area contributed by atoms with Gasteiger partial charge in [0.25, 0.3) is 11.8 Å². The first-order valence-electron chi connectivity index (χ1n) is 13.8. The molecule has 1 fully saturated rings. The Balaban J connectivity index is 1.82. The van der Waals surface area contributed by atoms with Gasteiger partial charge < -0.3 is 15.4 Å². The Bertz CT molecular complexity index is 1410. The number of hydrazine groups is 1. The minimum absolute atomic E-state index is 0.0375. The first-order chi connectivity index (χ1) is 19.4. The van der Waals surface area contributed by atoms with Gasteiger partial charge in [0, 0.05) is 25.1 Å². The molecule has 1 heterocycles. The molecule has 3 rings (SSSR count). The number of pyridine rings is 1. The third kappa shape index (κ3) is 9.07. The zero-order valence-electron chi connectivity index (χ0n) is 25.4. The molecule has 0 bridgehead atoms. The summed E-state index contributed by atoms with van der Waals surface area (Å²) in [5.41, 5.74) is 3.34. The number of amides is 3. The molecule has 0 saturated heterocycles. The van der Waals surface area contributed by atoms with Crippen LogP contribution in [-0.4, -0.2) is 61.8 Å². The topological polar surface area (TPSA) is 159 Å². The maximum atomic E-state index is 13.4. The van der Waals surface area contributed by atoms with Crippen LogP contribution in [0.5, 0.6) is 0 Å². The SMILES string of the molecule is CC1CC1C(C)Nc1cc(C(=O)NNC(=O)[C@@](C)(Cc2ccccc2)NC(=O)OC(C)(C)C)cc(N(C)S(C)(=O)=O)n1. The van der Waals surface area contributed by atoms with E-state index in [4.69, 9.17) is 4.74 Å². The summed E-state index contributed by atoms with van der Waals surface area (Å²) >= 11 is 0. The highest BCUT2D eigenvalue weighted by Gasteiger charge is 2.38. The number of carbonyl (C=O) groups is 3. The van der Waals surface area contributed by atoms with E-state index in [0.717, 1.165) is 22.5 Å². The molecule has 1 aliphatic carbocycles. The van der Waals surface area contributed by atoms with Gasteiger partial charge in [0.1, 0.15) is 22.8 Å². The van der Waals surface area contributed by atoms with Gasteiger partial charge in [-0.1, -0.05) is 37.3 Å². The quantitative estimate of drug-likeness (QED) is 0.302. The van der Waals surface area contributed by atoms with E-state index in [1.54, 1.807) is 20.8 Å². The lowest BCUT2D eigenvalue weighted by molar-refractivity contribution is -0.127. The lowest BCUT2D eigenvalue weighted by Gasteiger charge is -2.31. The van der Waals surface area contributed by atoms with Gasteiger partial charge in [0.2, 0.25) is 10.0 Å². The number of anilines is 2. The van der Waals surface area contributed by atoms with Crippen molar-refractivity contribution in [2.24, 2.45) is 11.8 Å². The number of ether oxygens (including phenoxy) is 1. The summed E-state index contributed by atoms with van der Waals surface area (Å²) in [4.78, 5) is 43.7. The molecular formula is C29H42N6O6S. The van der Waals surface area contributed by atoms with Crippen molar-refractivity contribution in [2.75, 3.05) is 22.9 Å². The Morgan fingerprint density at radius 2 is 1.71 bits per heavy atom. The fourth-order valence-corrected chi connectivity index (χ4v) is 4.91. The number of alkyl carbamates (subject to hydrolysis) is 1. The number of nitrogens with zero attached hydrogens (tertiary/aromatic N) is 2. The average Bonchev–Trinajstić information content (AvgIpc) is 3.61. The van der Waals surface area contributed by atoms with E-state index < -0.39 is 39.1 Å². The molecule has 4 atom stereocenters. The van der Waals surface area contributed by atoms with Gasteiger partial charge in [0.15, 0.2) is 0 Å². The molecule has 3 amide bonds. The molecule has 0 aliphatic heterocycles. The number of sulfonamides is 1. The summed E-state index contributed by atoms with van der Waals surface area (Å²) in [6, 6.07) is 12.0. The molecule has 4 N–H and O–H groups in total. The first-order valence-corrected chi connectivity index (χ1v) is 15.6. The third-order valence-electron chi connectivity index (χ3n) is 7.05. The predicted molar refractivity (Wildman–Crippen MR) is 161 cm³/mol. The monoisotopic (exact) mass is 602 g/mol. The van der Waals surface area contributed by atoms with Crippen LogP contribution in [-0.2, 0) is 26.0 Å². The van der Waals surface area contributed by atoms with Gasteiger partial charge in [-0.15, -0.1) is 0 Å². The van der Waals surface area contributed by atoms with Crippen LogP contribution in [0.1, 0.15) is 63.9 Å². The average molecular weight is 603 g/mol. The second-order valence-electron chi connectivity index (χ2n) is 12.2. The summed E-state index contributed by atoms with van der Waals surface area (Å²) in [6.07, 6.45) is 1.42. The summed E-state index contributed by atoms with van der Waals surface area (Å²) in [7, 11) is -2.32. The second kappa shape index (κ2) is 12.6. The highest BCUT2D eigenvalue weighted by atomic mass is 32.2. The number of hydrogen-bond donors (Lipinski definition) is 4. The summed E-state index contributed by atoms with van der Waals surface area (Å²) in [6.45, 7) is 10.8. The summed E-state index contributed by atoms with van der Waals surface area (Å²) < 4.78 is 30.8. The van der Waals surface area contributed by atoms with Crippen LogP contribution in [0.3, 0.4) is 0 Å². The van der Waals surface area contributed by atoms with E-state index in [-0.39, 0.29) is 23.8 Å². The van der Waals surface area contributed by atoms with Gasteiger partial charge in [-0.3, -0.25) is 24.7 Å². The lowest BCUT2D eigenvalue weighted by Crippen LogP contribution is -2.61. The Hall–Kier alpha value is -3.87. The maximum Gasteiger partial charge on any atom is 0.408 e. The highest BCUT2D eigenvalue weighted by molar-refractivity contribution is 7.92. The molecule has 1 aromatic heterocycles. The molecular weight excluding hydrogens is 560 g/mol. The largest absolute Gasteiger partial charge is 0.444 e. The zero-order chi connectivity index (χ0) is 31.5. The van der Waals surface area contributed by atoms with Crippen molar-refractivity contribution >= 4 is 39.6 Å². The molecule has 0 spiro atoms. The number of hydrogen-bond acceptors (Lipinski definition) is 8. The Morgan fingerprint density at radius 1 is 1.10 bits per heavy atom. The molecule has 1 aromatic carbocycles. The highest BCUT2D eigenvalue weighted by Crippen LogP contribution is 2.41. The predicted octanol–water partition coefficient (Wildman–Crippen LogP) is 3.22. The van der Waals surface area contributed by atoms with E-state index in [0.29, 0.717) is 17.7 Å². The standard InChI is InChI=1S/C29H42N6O6S/c1-18-14-22(18)19(2)30-23-15-21(16-24(31-23)35(7)42(8,39)40)25(36)33-34-26(37)29(6,17-20-12-10-9-11-13-20)32-27(38)41-28(3,4)5/h9-13,15-16,18-19,22H,14,17H2,1-8H3,(H,30,31)(H,32,38)(H,33,36)(H,34,37)/t18?,19?,22?,29-/m1/s1. The fourth-order valence-electron chi connectivity index (χ4n) is 4.48. The van der Waals surface area contributed by atoms with Crippen LogP contribution in [0.4, 0.5) is 16.4 Å². The Morgan fingerprint density at radius 3 is 2.26 bits per heavy atom. The van der Waals surface area contributed by atoms with Crippen LogP contribution in [0.25, 0.3) is 0 Å². The molecule has 1 aliphatic rings. The van der Waals surface area contributed by atoms with E-state index in [9.17, 15) is 22.8 Å². The number of carbonyl (C=O) groups excluding carboxylic acids is 3. The van der Waals surface area contributed by atoms with Crippen molar-refractivity contribution in [1.82, 2.24) is 21.2 Å². The van der Waals surface area contributed by atoms with Gasteiger partial charge in [0.05, 0.1) is 6.26 Å². The summed E-state index contributed by atoms with van der Waals surface area (Å²) in [5, 5.41) is 5.91. The third-order valence-corrected chi connectivity index (χ3v) is 8.23. The van der Waals surface area contributed by atoms with Gasteiger partial charge in [-0.05, 0) is 70.6 Å². The first kappa shape index (κ1) is 32.6. The van der Waals surface area contributed by atoms with Crippen molar-refractivity contribution in [3.05, 3.63) is 53.6 Å². The second-order valence-corrected chi connectivity index (χ2v) is 14.2. The van der Waals surface area contributed by atoms with Crippen LogP contribution in [0.2, 0.25) is 0 Å². The molecule has 3 unspecified atom stereocenters. The van der Waals surface area contributed by atoms with Crippen molar-refractivity contribution in [1.29, 1.82) is 0 Å². The van der Waals surface area contributed by atoms with Crippen LogP contribution < -0.4 is 25.8 Å². The molecule has 1 saturated carbocycles. The van der Waals surface area contributed by atoms with E-state index >= 15 is 0 Å². The molecule has 12 nitrogen and oxygen atoms in total. The molecule has 0 radical (unpaired) electrons. The Labute approximate surface area is 248 Å². The number of aromatic nitrogens is 1. The number of benzene rings is 1. The van der Waals surface area contributed by atoms with Crippen LogP contribution >= 0.6 is 0 Å². The smallest absolute Gasteiger partial charge is 0.408 e. The molecule has 13 heteroatoms. The van der Waals surface area contributed by atoms with Crippen LogP contribution in [0, 0.1) is 11.8 Å². The molecule has 2 aromatic rings. The maximum absolute atomic E-state index is 13.4. The van der Waals surface area contributed by atoms with Gasteiger partial charge in [-0.25, -0.2) is 18.2 Å². The van der Waals surface area contributed by atoms with Gasteiger partial charge >= 0.3 is 6.09 Å². The van der Waals surface area contributed by atoms with E-state index in [2.05, 4.69) is 33.4 Å². The van der Waals surface area contributed by atoms with Crippen molar-refractivity contribution in [3.8, 4) is 0 Å². The van der Waals surface area contributed by atoms with E-state index in [1.807, 2.05) is 37.3 Å². The van der Waals surface area contributed by atoms with Gasteiger partial charge in [-0.2, -0.15) is 0 Å². The van der Waals surface area contributed by atoms with Crippen molar-refractivity contribution in [3.63, 3.8) is 0 Å². The lowest BCUT2D eigenvalue weighted by atomic mass is 9.92. The number of rotatable bonds is 10. The van der Waals surface area contributed by atoms with E-state index in [1.165, 1.54) is 26.1 Å². The Kier molecular flexibility index (Phi) is 9.76. The molecule has 230 valence electrons. The summed E-state index contributed by atoms with van der Waals surface area (Å²) in [5.74, 6) is -0.0279. The zero-order valence-corrected chi connectivity index (χ0v) is 26.3. The minimum Gasteiger partial charge on any atom is -0.444 e. The number of nitrogens with one attached hydrogen (secondary N) is 4. The molecule has 42 heavy (non-hydrogen) atoms.